The maximum absolute atomic E-state index is 13.5. The fourth-order valence-corrected chi connectivity index (χ4v) is 4.93. The second kappa shape index (κ2) is 10.7. The third kappa shape index (κ3) is 4.65. The van der Waals surface area contributed by atoms with Crippen LogP contribution in [0.3, 0.4) is 0 Å². The number of Topliss-reactive ketones (excluding diaryl/α,β-unsaturated/α-hetero) is 1. The average molecular weight is 530 g/mol. The van der Waals surface area contributed by atoms with Crippen LogP contribution in [0.2, 0.25) is 0 Å². The molecular formula is C30H31N3O6. The number of ether oxygens (including phenoxy) is 2. The van der Waals surface area contributed by atoms with Crippen molar-refractivity contribution < 1.29 is 28.6 Å². The summed E-state index contributed by atoms with van der Waals surface area (Å²) < 4.78 is 18.8. The Bertz CT molecular complexity index is 1570. The van der Waals surface area contributed by atoms with Crippen LogP contribution in [0.15, 0.2) is 64.9 Å². The number of rotatable bonds is 9. The van der Waals surface area contributed by atoms with Crippen molar-refractivity contribution in [2.24, 2.45) is 0 Å². The van der Waals surface area contributed by atoms with E-state index in [0.717, 1.165) is 18.4 Å². The van der Waals surface area contributed by atoms with Crippen LogP contribution in [0.25, 0.3) is 11.4 Å². The summed E-state index contributed by atoms with van der Waals surface area (Å²) in [6.45, 7) is 6.39. The summed E-state index contributed by atoms with van der Waals surface area (Å²) in [5.74, 6) is -0.329. The fourth-order valence-electron chi connectivity index (χ4n) is 4.93. The van der Waals surface area contributed by atoms with E-state index >= 15 is 0 Å². The molecule has 1 N–H and O–H groups in total. The van der Waals surface area contributed by atoms with Gasteiger partial charge in [0, 0.05) is 6.20 Å². The Labute approximate surface area is 226 Å². The molecule has 1 amide bonds. The van der Waals surface area contributed by atoms with E-state index in [-0.39, 0.29) is 23.6 Å². The Balaban J connectivity index is 1.66. The third-order valence-corrected chi connectivity index (χ3v) is 7.01. The molecule has 202 valence electrons. The minimum absolute atomic E-state index is 0.0410. The van der Waals surface area contributed by atoms with Crippen molar-refractivity contribution in [3.05, 3.63) is 88.8 Å². The van der Waals surface area contributed by atoms with Crippen LogP contribution in [-0.2, 0) is 16.1 Å². The molecule has 0 bridgehead atoms. The van der Waals surface area contributed by atoms with Crippen molar-refractivity contribution in [1.29, 1.82) is 0 Å². The number of carbonyl (C=O) groups is 2. The Hall–Kier alpha value is -4.53. The van der Waals surface area contributed by atoms with E-state index in [1.54, 1.807) is 30.3 Å². The van der Waals surface area contributed by atoms with Crippen molar-refractivity contribution in [2.75, 3.05) is 13.7 Å². The van der Waals surface area contributed by atoms with E-state index in [0.29, 0.717) is 40.8 Å². The number of methoxy groups -OCH3 is 1. The molecule has 0 saturated carbocycles. The van der Waals surface area contributed by atoms with Crippen LogP contribution in [0.4, 0.5) is 0 Å². The molecule has 1 saturated heterocycles. The van der Waals surface area contributed by atoms with Gasteiger partial charge in [-0.3, -0.25) is 9.59 Å². The minimum Gasteiger partial charge on any atom is -0.505 e. The molecule has 1 fully saturated rings. The van der Waals surface area contributed by atoms with E-state index < -0.39 is 17.7 Å². The number of ketones is 1. The molecule has 5 rings (SSSR count). The SMILES string of the molecule is CCCCOc1ccc(C2C(=C(O)c3nc4c(C)cccn4c3C)C(=O)C(=O)N2Cc2ccco2)cc1OC. The zero-order chi connectivity index (χ0) is 27.7. The highest BCUT2D eigenvalue weighted by Crippen LogP contribution is 2.43. The Kier molecular flexibility index (Phi) is 7.15. The first-order chi connectivity index (χ1) is 18.8. The Morgan fingerprint density at radius 2 is 1.95 bits per heavy atom. The van der Waals surface area contributed by atoms with Gasteiger partial charge in [0.1, 0.15) is 17.1 Å². The van der Waals surface area contributed by atoms with Crippen molar-refractivity contribution in [1.82, 2.24) is 14.3 Å². The van der Waals surface area contributed by atoms with Gasteiger partial charge in [-0.15, -0.1) is 0 Å². The molecule has 1 atom stereocenters. The minimum atomic E-state index is -0.904. The summed E-state index contributed by atoms with van der Waals surface area (Å²) >= 11 is 0. The average Bonchev–Trinajstić information content (AvgIpc) is 3.64. The van der Waals surface area contributed by atoms with Gasteiger partial charge in [-0.1, -0.05) is 25.5 Å². The van der Waals surface area contributed by atoms with Crippen molar-refractivity contribution in [2.45, 2.75) is 46.2 Å². The third-order valence-electron chi connectivity index (χ3n) is 7.01. The van der Waals surface area contributed by atoms with Crippen LogP contribution in [-0.4, -0.2) is 44.8 Å². The van der Waals surface area contributed by atoms with Gasteiger partial charge < -0.3 is 28.3 Å². The Morgan fingerprint density at radius 1 is 1.13 bits per heavy atom. The molecule has 9 nitrogen and oxygen atoms in total. The number of likely N-dealkylation sites (tertiary alicyclic amines) is 1. The number of furan rings is 1. The van der Waals surface area contributed by atoms with Crippen molar-refractivity contribution in [3.63, 3.8) is 0 Å². The first-order valence-electron chi connectivity index (χ1n) is 12.9. The number of aliphatic hydroxyl groups is 1. The lowest BCUT2D eigenvalue weighted by molar-refractivity contribution is -0.140. The number of benzene rings is 1. The normalized spacial score (nSPS) is 16.8. The molecule has 0 aliphatic carbocycles. The molecule has 0 spiro atoms. The van der Waals surface area contributed by atoms with Gasteiger partial charge in [-0.05, 0) is 61.7 Å². The zero-order valence-electron chi connectivity index (χ0n) is 22.4. The van der Waals surface area contributed by atoms with E-state index in [1.165, 1.54) is 18.3 Å². The van der Waals surface area contributed by atoms with Crippen LogP contribution in [0, 0.1) is 13.8 Å². The lowest BCUT2D eigenvalue weighted by atomic mass is 9.96. The summed E-state index contributed by atoms with van der Waals surface area (Å²) in [6.07, 6.45) is 5.24. The first kappa shape index (κ1) is 26.1. The number of fused-ring (bicyclic) bond motifs is 1. The van der Waals surface area contributed by atoms with E-state index in [2.05, 4.69) is 11.9 Å². The van der Waals surface area contributed by atoms with Crippen molar-refractivity contribution >= 4 is 23.1 Å². The van der Waals surface area contributed by atoms with Crippen molar-refractivity contribution in [3.8, 4) is 11.5 Å². The second-order valence-corrected chi connectivity index (χ2v) is 9.55. The maximum Gasteiger partial charge on any atom is 0.296 e. The van der Waals surface area contributed by atoms with Gasteiger partial charge in [-0.2, -0.15) is 0 Å². The molecule has 1 aromatic carbocycles. The highest BCUT2D eigenvalue weighted by molar-refractivity contribution is 6.46. The van der Waals surface area contributed by atoms with E-state index in [4.69, 9.17) is 13.9 Å². The van der Waals surface area contributed by atoms with Crippen LogP contribution in [0.5, 0.6) is 11.5 Å². The summed E-state index contributed by atoms with van der Waals surface area (Å²) in [5, 5.41) is 11.6. The number of hydrogen-bond donors (Lipinski definition) is 1. The van der Waals surface area contributed by atoms with E-state index in [9.17, 15) is 14.7 Å². The fraction of sp³-hybridized carbons (Fsp3) is 0.300. The molecule has 1 aliphatic rings. The predicted molar refractivity (Wildman–Crippen MR) is 145 cm³/mol. The smallest absolute Gasteiger partial charge is 0.296 e. The highest BCUT2D eigenvalue weighted by atomic mass is 16.5. The predicted octanol–water partition coefficient (Wildman–Crippen LogP) is 5.35. The maximum atomic E-state index is 13.5. The molecule has 1 aliphatic heterocycles. The molecule has 0 radical (unpaired) electrons. The Morgan fingerprint density at radius 3 is 2.64 bits per heavy atom. The lowest BCUT2D eigenvalue weighted by Gasteiger charge is -2.25. The van der Waals surface area contributed by atoms with Crippen LogP contribution < -0.4 is 9.47 Å². The van der Waals surface area contributed by atoms with Gasteiger partial charge in [-0.25, -0.2) is 4.98 Å². The molecule has 4 aromatic rings. The topological polar surface area (TPSA) is 107 Å². The summed E-state index contributed by atoms with van der Waals surface area (Å²) in [4.78, 5) is 32.9. The van der Waals surface area contributed by atoms with Crippen LogP contribution in [0.1, 0.15) is 54.1 Å². The first-order valence-corrected chi connectivity index (χ1v) is 12.9. The summed E-state index contributed by atoms with van der Waals surface area (Å²) in [5.41, 5.74) is 3.01. The highest BCUT2D eigenvalue weighted by Gasteiger charge is 2.47. The number of pyridine rings is 1. The monoisotopic (exact) mass is 529 g/mol. The number of aryl methyl sites for hydroxylation is 2. The molecule has 3 aromatic heterocycles. The number of amides is 1. The number of aliphatic hydroxyl groups excluding tert-OH is 1. The largest absolute Gasteiger partial charge is 0.505 e. The van der Waals surface area contributed by atoms with Gasteiger partial charge in [0.15, 0.2) is 17.3 Å². The van der Waals surface area contributed by atoms with Gasteiger partial charge in [0.25, 0.3) is 11.7 Å². The molecule has 9 heteroatoms. The summed E-state index contributed by atoms with van der Waals surface area (Å²) in [7, 11) is 1.54. The number of imidazole rings is 1. The van der Waals surface area contributed by atoms with Gasteiger partial charge in [0.2, 0.25) is 0 Å². The molecule has 1 unspecified atom stereocenters. The number of aromatic nitrogens is 2. The number of nitrogens with zero attached hydrogens (tertiary/aromatic N) is 3. The number of unbranched alkanes of at least 4 members (excludes halogenated alkanes) is 1. The molecular weight excluding hydrogens is 498 g/mol. The number of hydrogen-bond acceptors (Lipinski definition) is 7. The van der Waals surface area contributed by atoms with Gasteiger partial charge in [0.05, 0.1) is 43.8 Å². The van der Waals surface area contributed by atoms with Gasteiger partial charge >= 0.3 is 0 Å². The standard InChI is InChI=1S/C30H31N3O6/c1-5-6-14-39-22-12-11-20(16-23(22)37-4)26-24(28(35)30(36)33(26)17-21-10-8-15-38-21)27(34)25-19(3)32-13-7-9-18(2)29(32)31-25/h7-13,15-16,26,34H,5-6,14,17H2,1-4H3. The molecule has 39 heavy (non-hydrogen) atoms. The molecule has 4 heterocycles. The second-order valence-electron chi connectivity index (χ2n) is 9.55. The van der Waals surface area contributed by atoms with E-state index in [1.807, 2.05) is 36.6 Å². The quantitative estimate of drug-likeness (QED) is 0.135. The lowest BCUT2D eigenvalue weighted by Crippen LogP contribution is -2.29. The van der Waals surface area contributed by atoms with Crippen LogP contribution >= 0.6 is 0 Å². The number of carbonyl (C=O) groups excluding carboxylic acids is 2. The summed E-state index contributed by atoms with van der Waals surface area (Å²) in [6, 6.07) is 11.6. The zero-order valence-corrected chi connectivity index (χ0v) is 22.4.